The van der Waals surface area contributed by atoms with Crippen LogP contribution in [0, 0.1) is 0 Å². The average molecular weight is 248 g/mol. The lowest BCUT2D eigenvalue weighted by Gasteiger charge is -2.14. The summed E-state index contributed by atoms with van der Waals surface area (Å²) in [5.41, 5.74) is 0.399. The van der Waals surface area contributed by atoms with Crippen LogP contribution in [0.15, 0.2) is 16.7 Å². The van der Waals surface area contributed by atoms with Crippen molar-refractivity contribution in [2.24, 2.45) is 0 Å². The number of thioether (sulfide) groups is 1. The van der Waals surface area contributed by atoms with E-state index in [1.807, 2.05) is 13.2 Å². The fourth-order valence-electron chi connectivity index (χ4n) is 1.18. The Morgan fingerprint density at radius 1 is 1.73 bits per heavy atom. The van der Waals surface area contributed by atoms with Crippen molar-refractivity contribution in [1.82, 2.24) is 5.32 Å². The first-order valence-electron chi connectivity index (χ1n) is 4.71. The fourth-order valence-corrected chi connectivity index (χ4v) is 2.10. The van der Waals surface area contributed by atoms with E-state index in [4.69, 9.17) is 16.0 Å². The zero-order chi connectivity index (χ0) is 11.3. The summed E-state index contributed by atoms with van der Waals surface area (Å²) in [6, 6.07) is 1.75. The Morgan fingerprint density at radius 2 is 2.47 bits per heavy atom. The highest BCUT2D eigenvalue weighted by molar-refractivity contribution is 7.98. The van der Waals surface area contributed by atoms with Gasteiger partial charge in [0.05, 0.1) is 11.8 Å². The van der Waals surface area contributed by atoms with Crippen LogP contribution in [0.25, 0.3) is 0 Å². The first kappa shape index (κ1) is 12.5. The summed E-state index contributed by atoms with van der Waals surface area (Å²) in [4.78, 5) is 11.7. The van der Waals surface area contributed by atoms with Gasteiger partial charge in [0.15, 0.2) is 0 Å². The van der Waals surface area contributed by atoms with Crippen molar-refractivity contribution < 1.29 is 9.21 Å². The van der Waals surface area contributed by atoms with Gasteiger partial charge in [-0.25, -0.2) is 0 Å². The Labute approximate surface area is 98.6 Å². The lowest BCUT2D eigenvalue weighted by molar-refractivity contribution is 0.0939. The topological polar surface area (TPSA) is 42.2 Å². The molecule has 5 heteroatoms. The van der Waals surface area contributed by atoms with Gasteiger partial charge < -0.3 is 9.73 Å². The van der Waals surface area contributed by atoms with Crippen molar-refractivity contribution in [1.29, 1.82) is 0 Å². The van der Waals surface area contributed by atoms with Crippen LogP contribution in [0.3, 0.4) is 0 Å². The maximum absolute atomic E-state index is 11.7. The highest BCUT2D eigenvalue weighted by Gasteiger charge is 2.16. The number of carbonyl (C=O) groups excluding carboxylic acids is 1. The molecule has 1 heterocycles. The van der Waals surface area contributed by atoms with Gasteiger partial charge in [0.2, 0.25) is 5.22 Å². The van der Waals surface area contributed by atoms with Crippen LogP contribution in [0.4, 0.5) is 0 Å². The molecule has 1 N–H and O–H groups in total. The largest absolute Gasteiger partial charge is 0.452 e. The van der Waals surface area contributed by atoms with Gasteiger partial charge in [-0.05, 0) is 30.3 Å². The summed E-state index contributed by atoms with van der Waals surface area (Å²) in [6.45, 7) is 2.04. The highest BCUT2D eigenvalue weighted by atomic mass is 35.5. The van der Waals surface area contributed by atoms with Gasteiger partial charge in [-0.15, -0.1) is 0 Å². The van der Waals surface area contributed by atoms with E-state index in [1.54, 1.807) is 17.8 Å². The minimum Gasteiger partial charge on any atom is -0.452 e. The zero-order valence-electron chi connectivity index (χ0n) is 8.75. The lowest BCUT2D eigenvalue weighted by Crippen LogP contribution is -2.36. The number of halogens is 1. The molecule has 0 fully saturated rings. The van der Waals surface area contributed by atoms with E-state index < -0.39 is 0 Å². The molecule has 1 unspecified atom stereocenters. The maximum atomic E-state index is 11.7. The van der Waals surface area contributed by atoms with Gasteiger partial charge in [0.25, 0.3) is 5.91 Å². The van der Waals surface area contributed by atoms with Crippen molar-refractivity contribution >= 4 is 29.3 Å². The second-order valence-corrected chi connectivity index (χ2v) is 4.40. The van der Waals surface area contributed by atoms with Gasteiger partial charge in [-0.1, -0.05) is 6.92 Å². The Hall–Kier alpha value is -0.610. The fraction of sp³-hybridized carbons (Fsp3) is 0.500. The third-order valence-electron chi connectivity index (χ3n) is 2.06. The molecule has 1 aromatic heterocycles. The molecule has 0 radical (unpaired) electrons. The van der Waals surface area contributed by atoms with Crippen molar-refractivity contribution in [2.45, 2.75) is 19.4 Å². The molecule has 84 valence electrons. The Kier molecular flexibility index (Phi) is 5.05. The number of rotatable bonds is 5. The molecule has 0 aliphatic heterocycles. The maximum Gasteiger partial charge on any atom is 0.256 e. The number of amides is 1. The number of hydrogen-bond donors (Lipinski definition) is 1. The summed E-state index contributed by atoms with van der Waals surface area (Å²) in [5.74, 6) is 0.729. The molecule has 0 spiro atoms. The standard InChI is InChI=1S/C10H14ClNO2S/c1-3-7(6-15-2)12-10(13)8-4-5-14-9(8)11/h4-5,7H,3,6H2,1-2H3,(H,12,13). The van der Waals surface area contributed by atoms with Crippen LogP contribution in [0.2, 0.25) is 5.22 Å². The molecule has 1 amide bonds. The van der Waals surface area contributed by atoms with Crippen LogP contribution in [0.5, 0.6) is 0 Å². The molecule has 0 saturated carbocycles. The number of hydrogen-bond acceptors (Lipinski definition) is 3. The van der Waals surface area contributed by atoms with Gasteiger partial charge in [-0.3, -0.25) is 4.79 Å². The summed E-state index contributed by atoms with van der Waals surface area (Å²) < 4.78 is 4.86. The van der Waals surface area contributed by atoms with Crippen molar-refractivity contribution in [2.75, 3.05) is 12.0 Å². The Bertz CT molecular complexity index is 327. The molecule has 0 aromatic carbocycles. The molecule has 0 aliphatic rings. The molecule has 15 heavy (non-hydrogen) atoms. The SMILES string of the molecule is CCC(CSC)NC(=O)c1ccoc1Cl. The molecule has 0 bridgehead atoms. The molecule has 3 nitrogen and oxygen atoms in total. The van der Waals surface area contributed by atoms with Crippen LogP contribution >= 0.6 is 23.4 Å². The summed E-state index contributed by atoms with van der Waals surface area (Å²) in [7, 11) is 0. The zero-order valence-corrected chi connectivity index (χ0v) is 10.3. The van der Waals surface area contributed by atoms with E-state index in [-0.39, 0.29) is 17.2 Å². The van der Waals surface area contributed by atoms with E-state index in [1.165, 1.54) is 6.26 Å². The molecule has 0 aliphatic carbocycles. The van der Waals surface area contributed by atoms with Gasteiger partial charge in [-0.2, -0.15) is 11.8 Å². The van der Waals surface area contributed by atoms with E-state index in [2.05, 4.69) is 5.32 Å². The first-order chi connectivity index (χ1) is 7.19. The third-order valence-corrected chi connectivity index (χ3v) is 3.09. The summed E-state index contributed by atoms with van der Waals surface area (Å²) in [5, 5.41) is 3.05. The van der Waals surface area contributed by atoms with Gasteiger partial charge in [0.1, 0.15) is 0 Å². The minimum absolute atomic E-state index is 0.145. The van der Waals surface area contributed by atoms with Crippen molar-refractivity contribution in [3.05, 3.63) is 23.1 Å². The second kappa shape index (κ2) is 6.08. The lowest BCUT2D eigenvalue weighted by atomic mass is 10.2. The molecular weight excluding hydrogens is 234 g/mol. The first-order valence-corrected chi connectivity index (χ1v) is 6.49. The van der Waals surface area contributed by atoms with Crippen LogP contribution in [-0.2, 0) is 0 Å². The molecule has 1 atom stereocenters. The molecular formula is C10H14ClNO2S. The smallest absolute Gasteiger partial charge is 0.256 e. The average Bonchev–Trinajstić information content (AvgIpc) is 2.63. The van der Waals surface area contributed by atoms with E-state index >= 15 is 0 Å². The summed E-state index contributed by atoms with van der Waals surface area (Å²) >= 11 is 7.41. The minimum atomic E-state index is -0.172. The van der Waals surface area contributed by atoms with Crippen molar-refractivity contribution in [3.8, 4) is 0 Å². The van der Waals surface area contributed by atoms with Crippen LogP contribution < -0.4 is 5.32 Å². The predicted octanol–water partition coefficient (Wildman–Crippen LogP) is 2.80. The normalized spacial score (nSPS) is 12.5. The third kappa shape index (κ3) is 3.47. The highest BCUT2D eigenvalue weighted by Crippen LogP contribution is 2.16. The van der Waals surface area contributed by atoms with Gasteiger partial charge in [0, 0.05) is 11.8 Å². The van der Waals surface area contributed by atoms with Crippen LogP contribution in [-0.4, -0.2) is 24.0 Å². The number of furan rings is 1. The number of nitrogens with one attached hydrogen (secondary N) is 1. The number of carbonyl (C=O) groups is 1. The van der Waals surface area contributed by atoms with E-state index in [9.17, 15) is 4.79 Å². The Morgan fingerprint density at radius 3 is 2.93 bits per heavy atom. The van der Waals surface area contributed by atoms with Crippen molar-refractivity contribution in [3.63, 3.8) is 0 Å². The van der Waals surface area contributed by atoms with E-state index in [0.717, 1.165) is 12.2 Å². The van der Waals surface area contributed by atoms with Crippen LogP contribution in [0.1, 0.15) is 23.7 Å². The van der Waals surface area contributed by atoms with Gasteiger partial charge >= 0.3 is 0 Å². The second-order valence-electron chi connectivity index (χ2n) is 3.14. The molecule has 0 saturated heterocycles. The van der Waals surface area contributed by atoms with E-state index in [0.29, 0.717) is 5.56 Å². The quantitative estimate of drug-likeness (QED) is 0.870. The molecule has 1 aromatic rings. The Balaban J connectivity index is 2.58. The monoisotopic (exact) mass is 247 g/mol. The molecule has 1 rings (SSSR count). The summed E-state index contributed by atoms with van der Waals surface area (Å²) in [6.07, 6.45) is 4.33. The predicted molar refractivity (Wildman–Crippen MR) is 63.6 cm³/mol.